The number of halogens is 2. The minimum Gasteiger partial charge on any atom is -0.465 e. The van der Waals surface area contributed by atoms with Crippen LogP contribution in [0.15, 0.2) is 55.1 Å². The van der Waals surface area contributed by atoms with Gasteiger partial charge in [-0.2, -0.15) is 0 Å². The Morgan fingerprint density at radius 2 is 1.84 bits per heavy atom. The number of hydrogen-bond donors (Lipinski definition) is 5. The molecule has 4 aromatic rings. The van der Waals surface area contributed by atoms with Gasteiger partial charge in [-0.1, -0.05) is 17.7 Å². The predicted octanol–water partition coefficient (Wildman–Crippen LogP) is 3.16. The second-order valence-corrected chi connectivity index (χ2v) is 8.57. The molecule has 0 saturated heterocycles. The van der Waals surface area contributed by atoms with E-state index in [0.717, 1.165) is 11.1 Å². The number of carbonyl (C=O) groups is 3. The summed E-state index contributed by atoms with van der Waals surface area (Å²) in [5.41, 5.74) is 3.47. The van der Waals surface area contributed by atoms with E-state index < -0.39 is 23.7 Å². The summed E-state index contributed by atoms with van der Waals surface area (Å²) in [4.78, 5) is 46.0. The molecule has 0 spiro atoms. The Morgan fingerprint density at radius 1 is 1.00 bits per heavy atom. The van der Waals surface area contributed by atoms with E-state index in [2.05, 4.69) is 25.6 Å². The van der Waals surface area contributed by atoms with Gasteiger partial charge >= 0.3 is 6.09 Å². The average Bonchev–Trinajstić information content (AvgIpc) is 3.24. The van der Waals surface area contributed by atoms with E-state index in [1.807, 2.05) is 11.4 Å². The first-order valence-electron chi connectivity index (χ1n) is 11.1. The van der Waals surface area contributed by atoms with Crippen LogP contribution < -0.4 is 16.0 Å². The number of hydrogen-bond acceptors (Lipinski definition) is 5. The molecule has 3 amide bonds. The molecule has 10 nitrogen and oxygen atoms in total. The molecule has 190 valence electrons. The summed E-state index contributed by atoms with van der Waals surface area (Å²) in [6.45, 7) is -0.197. The lowest BCUT2D eigenvalue weighted by atomic mass is 10.1. The van der Waals surface area contributed by atoms with E-state index in [1.54, 1.807) is 36.8 Å². The molecule has 0 fully saturated rings. The number of aromatic amines is 1. The van der Waals surface area contributed by atoms with Gasteiger partial charge in [0.1, 0.15) is 5.82 Å². The van der Waals surface area contributed by atoms with Crippen molar-refractivity contribution in [3.63, 3.8) is 0 Å². The third-order valence-electron chi connectivity index (χ3n) is 5.46. The number of amides is 3. The number of rotatable bonds is 9. The van der Waals surface area contributed by atoms with Crippen molar-refractivity contribution >= 4 is 40.4 Å². The monoisotopic (exact) mass is 524 g/mol. The number of pyridine rings is 2. The van der Waals surface area contributed by atoms with Gasteiger partial charge in [0.05, 0.1) is 29.4 Å². The molecule has 12 heteroatoms. The number of carboxylic acid groups (broad SMARTS) is 1. The summed E-state index contributed by atoms with van der Waals surface area (Å²) in [6, 6.07) is 8.23. The fraction of sp³-hybridized carbons (Fsp3) is 0.160. The Kier molecular flexibility index (Phi) is 7.94. The molecule has 1 aromatic carbocycles. The normalized spacial score (nSPS) is 10.8. The van der Waals surface area contributed by atoms with Crippen molar-refractivity contribution in [2.75, 3.05) is 6.54 Å². The first-order chi connectivity index (χ1) is 17.8. The molecule has 37 heavy (non-hydrogen) atoms. The number of carbonyl (C=O) groups excluding carboxylic acids is 2. The molecule has 0 radical (unpaired) electrons. The van der Waals surface area contributed by atoms with Crippen molar-refractivity contribution in [1.29, 1.82) is 0 Å². The number of nitrogens with zero attached hydrogens (tertiary/aromatic N) is 2. The Labute approximate surface area is 215 Å². The van der Waals surface area contributed by atoms with Gasteiger partial charge in [0.25, 0.3) is 5.91 Å². The lowest BCUT2D eigenvalue weighted by Crippen LogP contribution is -2.35. The van der Waals surface area contributed by atoms with E-state index in [0.29, 0.717) is 39.2 Å². The van der Waals surface area contributed by atoms with Crippen molar-refractivity contribution < 1.29 is 23.9 Å². The highest BCUT2D eigenvalue weighted by Crippen LogP contribution is 2.25. The molecule has 0 unspecified atom stereocenters. The van der Waals surface area contributed by atoms with Crippen LogP contribution in [0.1, 0.15) is 32.7 Å². The number of nitrogens with one attached hydrogen (secondary N) is 4. The highest BCUT2D eigenvalue weighted by atomic mass is 35.5. The standard InChI is InChI=1S/C25H22ClFN6O4/c26-20-12-30-22-6-21(27)16(5-19(20)22)10-32-24(35)17-4-15(7-28-9-17)3-14-1-2-18(29-8-14)11-31-23(34)13-33-25(36)37/h1-2,4-9,12,30,33H,3,10-11,13H2,(H,31,34)(H,32,35)(H,36,37). The summed E-state index contributed by atoms with van der Waals surface area (Å²) in [5, 5.41) is 16.9. The average molecular weight is 525 g/mol. The fourth-order valence-corrected chi connectivity index (χ4v) is 3.79. The third kappa shape index (κ3) is 6.79. The Morgan fingerprint density at radius 3 is 2.59 bits per heavy atom. The lowest BCUT2D eigenvalue weighted by Gasteiger charge is -2.09. The van der Waals surface area contributed by atoms with Crippen molar-refractivity contribution in [1.82, 2.24) is 30.9 Å². The van der Waals surface area contributed by atoms with Crippen molar-refractivity contribution in [2.24, 2.45) is 0 Å². The van der Waals surface area contributed by atoms with Crippen molar-refractivity contribution in [3.8, 4) is 0 Å². The van der Waals surface area contributed by atoms with Gasteiger partial charge in [-0.25, -0.2) is 9.18 Å². The van der Waals surface area contributed by atoms with Crippen molar-refractivity contribution in [2.45, 2.75) is 19.5 Å². The van der Waals surface area contributed by atoms with Crippen molar-refractivity contribution in [3.05, 3.63) is 93.9 Å². The quantitative estimate of drug-likeness (QED) is 0.227. The van der Waals surface area contributed by atoms with Gasteiger partial charge < -0.3 is 26.0 Å². The highest BCUT2D eigenvalue weighted by molar-refractivity contribution is 6.35. The van der Waals surface area contributed by atoms with Gasteiger partial charge in [0.15, 0.2) is 0 Å². The fourth-order valence-electron chi connectivity index (χ4n) is 3.58. The molecule has 5 N–H and O–H groups in total. The van der Waals surface area contributed by atoms with Crippen LogP contribution in [0.4, 0.5) is 9.18 Å². The predicted molar refractivity (Wildman–Crippen MR) is 134 cm³/mol. The molecule has 3 heterocycles. The topological polar surface area (TPSA) is 149 Å². The minimum absolute atomic E-state index is 0.0133. The zero-order chi connectivity index (χ0) is 26.4. The Balaban J connectivity index is 1.33. The van der Waals surface area contributed by atoms with E-state index in [-0.39, 0.29) is 19.6 Å². The molecular formula is C25H22ClFN6O4. The largest absolute Gasteiger partial charge is 0.465 e. The molecule has 0 aliphatic heterocycles. The molecule has 0 aliphatic rings. The zero-order valence-corrected chi connectivity index (χ0v) is 20.1. The Hall–Kier alpha value is -4.51. The second-order valence-electron chi connectivity index (χ2n) is 8.16. The number of fused-ring (bicyclic) bond motifs is 1. The van der Waals surface area contributed by atoms with E-state index in [1.165, 1.54) is 12.3 Å². The van der Waals surface area contributed by atoms with Gasteiger partial charge in [0.2, 0.25) is 5.91 Å². The lowest BCUT2D eigenvalue weighted by molar-refractivity contribution is -0.120. The van der Waals surface area contributed by atoms with Gasteiger partial charge in [0, 0.05) is 54.2 Å². The maximum Gasteiger partial charge on any atom is 0.405 e. The number of benzene rings is 1. The summed E-state index contributed by atoms with van der Waals surface area (Å²) in [5.74, 6) is -1.31. The van der Waals surface area contributed by atoms with Gasteiger partial charge in [-0.05, 0) is 35.4 Å². The number of aromatic nitrogens is 3. The molecule has 0 aliphatic carbocycles. The highest BCUT2D eigenvalue weighted by Gasteiger charge is 2.12. The minimum atomic E-state index is -1.28. The van der Waals surface area contributed by atoms with Gasteiger partial charge in [-0.15, -0.1) is 0 Å². The van der Waals surface area contributed by atoms with Crippen LogP contribution in [-0.4, -0.2) is 44.5 Å². The van der Waals surface area contributed by atoms with Crippen LogP contribution >= 0.6 is 11.6 Å². The first-order valence-corrected chi connectivity index (χ1v) is 11.5. The van der Waals surface area contributed by atoms with E-state index in [9.17, 15) is 18.8 Å². The van der Waals surface area contributed by atoms with Crippen LogP contribution in [0.25, 0.3) is 10.9 Å². The third-order valence-corrected chi connectivity index (χ3v) is 5.77. The molecule has 0 bridgehead atoms. The SMILES string of the molecule is O=C(O)NCC(=O)NCc1ccc(Cc2cncc(C(=O)NCc3cc4c(Cl)c[nH]c4cc3F)c2)cn1. The Bertz CT molecular complexity index is 1460. The van der Waals surface area contributed by atoms with E-state index in [4.69, 9.17) is 16.7 Å². The smallest absolute Gasteiger partial charge is 0.405 e. The van der Waals surface area contributed by atoms with Crippen LogP contribution in [0.5, 0.6) is 0 Å². The van der Waals surface area contributed by atoms with Crippen LogP contribution in [-0.2, 0) is 24.3 Å². The molecule has 0 saturated carbocycles. The summed E-state index contributed by atoms with van der Waals surface area (Å²) >= 11 is 6.11. The maximum absolute atomic E-state index is 14.4. The maximum atomic E-state index is 14.4. The molecular weight excluding hydrogens is 503 g/mol. The van der Waals surface area contributed by atoms with Crippen LogP contribution in [0.2, 0.25) is 5.02 Å². The molecule has 3 aromatic heterocycles. The summed E-state index contributed by atoms with van der Waals surface area (Å²) < 4.78 is 14.4. The molecule has 0 atom stereocenters. The van der Waals surface area contributed by atoms with E-state index >= 15 is 0 Å². The number of H-pyrrole nitrogens is 1. The van der Waals surface area contributed by atoms with Crippen LogP contribution in [0, 0.1) is 5.82 Å². The second kappa shape index (κ2) is 11.5. The summed E-state index contributed by atoms with van der Waals surface area (Å²) in [7, 11) is 0. The zero-order valence-electron chi connectivity index (χ0n) is 19.3. The first kappa shape index (κ1) is 25.6. The molecule has 4 rings (SSSR count). The van der Waals surface area contributed by atoms with Gasteiger partial charge in [-0.3, -0.25) is 19.6 Å². The van der Waals surface area contributed by atoms with Crippen LogP contribution in [0.3, 0.4) is 0 Å². The summed E-state index contributed by atoms with van der Waals surface area (Å²) in [6.07, 6.45) is 5.49.